The number of fused-ring (bicyclic) bond motifs is 1. The Kier molecular flexibility index (Phi) is 2.83. The number of nitrogens with one attached hydrogen (secondary N) is 1. The molecule has 0 atom stereocenters. The molecule has 0 unspecified atom stereocenters. The molecular weight excluding hydrogens is 315 g/mol. The predicted octanol–water partition coefficient (Wildman–Crippen LogP) is 2.28. The van der Waals surface area contributed by atoms with E-state index in [9.17, 15) is 9.18 Å². The standard InChI is InChI=1S/C12H6BrFN4O/c13-7-3-6-9(4-8(7)14)17-11(18-12(6)19)10-5-15-1-2-16-10/h1-5H,(H,17,18,19). The molecule has 0 aliphatic carbocycles. The topological polar surface area (TPSA) is 71.5 Å². The molecule has 0 bridgehead atoms. The smallest absolute Gasteiger partial charge is 0.259 e. The van der Waals surface area contributed by atoms with Gasteiger partial charge in [0.15, 0.2) is 5.82 Å². The lowest BCUT2D eigenvalue weighted by molar-refractivity contribution is 0.622. The van der Waals surface area contributed by atoms with Gasteiger partial charge in [0, 0.05) is 18.5 Å². The fourth-order valence-electron chi connectivity index (χ4n) is 1.68. The van der Waals surface area contributed by atoms with Crippen molar-refractivity contribution in [1.29, 1.82) is 0 Å². The lowest BCUT2D eigenvalue weighted by atomic mass is 10.2. The van der Waals surface area contributed by atoms with Crippen LogP contribution in [0.1, 0.15) is 0 Å². The zero-order valence-corrected chi connectivity index (χ0v) is 11.0. The van der Waals surface area contributed by atoms with E-state index in [1.165, 1.54) is 30.7 Å². The normalized spacial score (nSPS) is 10.8. The minimum Gasteiger partial charge on any atom is -0.305 e. The molecule has 3 aromatic rings. The van der Waals surface area contributed by atoms with Crippen LogP contribution in [-0.2, 0) is 0 Å². The third-order valence-corrected chi connectivity index (χ3v) is 3.16. The van der Waals surface area contributed by atoms with Gasteiger partial charge in [-0.15, -0.1) is 0 Å². The Morgan fingerprint density at radius 2 is 2.11 bits per heavy atom. The first-order valence-electron chi connectivity index (χ1n) is 5.30. The summed E-state index contributed by atoms with van der Waals surface area (Å²) in [5.74, 6) is -0.219. The zero-order valence-electron chi connectivity index (χ0n) is 9.39. The Labute approximate surface area is 114 Å². The maximum Gasteiger partial charge on any atom is 0.259 e. The molecule has 0 spiro atoms. The van der Waals surface area contributed by atoms with E-state index in [0.29, 0.717) is 11.1 Å². The maximum absolute atomic E-state index is 13.5. The highest BCUT2D eigenvalue weighted by Crippen LogP contribution is 2.21. The van der Waals surface area contributed by atoms with Gasteiger partial charge in [0.25, 0.3) is 5.56 Å². The summed E-state index contributed by atoms with van der Waals surface area (Å²) in [5.41, 5.74) is 0.335. The van der Waals surface area contributed by atoms with Gasteiger partial charge in [-0.3, -0.25) is 9.78 Å². The van der Waals surface area contributed by atoms with Gasteiger partial charge >= 0.3 is 0 Å². The molecule has 1 aromatic carbocycles. The van der Waals surface area contributed by atoms with Gasteiger partial charge < -0.3 is 4.98 Å². The van der Waals surface area contributed by atoms with Crippen LogP contribution in [0.3, 0.4) is 0 Å². The third-order valence-electron chi connectivity index (χ3n) is 2.55. The summed E-state index contributed by atoms with van der Waals surface area (Å²) in [6.45, 7) is 0. The molecule has 5 nitrogen and oxygen atoms in total. The number of hydrogen-bond acceptors (Lipinski definition) is 4. The molecule has 0 aliphatic rings. The van der Waals surface area contributed by atoms with Gasteiger partial charge in [0.2, 0.25) is 0 Å². The van der Waals surface area contributed by atoms with Gasteiger partial charge in [-0.25, -0.2) is 14.4 Å². The van der Waals surface area contributed by atoms with Crippen molar-refractivity contribution < 1.29 is 4.39 Å². The highest BCUT2D eigenvalue weighted by Gasteiger charge is 2.10. The predicted molar refractivity (Wildman–Crippen MR) is 71.0 cm³/mol. The minimum absolute atomic E-state index is 0.222. The second-order valence-electron chi connectivity index (χ2n) is 3.79. The van der Waals surface area contributed by atoms with Gasteiger partial charge in [0.05, 0.1) is 21.6 Å². The van der Waals surface area contributed by atoms with Crippen molar-refractivity contribution in [2.45, 2.75) is 0 Å². The average molecular weight is 321 g/mol. The van der Waals surface area contributed by atoms with Gasteiger partial charge in [-0.05, 0) is 22.0 Å². The molecule has 0 fully saturated rings. The van der Waals surface area contributed by atoms with Gasteiger partial charge in [-0.1, -0.05) is 0 Å². The van der Waals surface area contributed by atoms with Crippen LogP contribution in [-0.4, -0.2) is 19.9 Å². The largest absolute Gasteiger partial charge is 0.305 e. The molecule has 0 saturated heterocycles. The number of H-pyrrole nitrogens is 1. The van der Waals surface area contributed by atoms with Crippen LogP contribution >= 0.6 is 15.9 Å². The fourth-order valence-corrected chi connectivity index (χ4v) is 2.02. The van der Waals surface area contributed by atoms with E-state index in [-0.39, 0.29) is 21.4 Å². The molecule has 7 heteroatoms. The van der Waals surface area contributed by atoms with E-state index in [2.05, 4.69) is 35.9 Å². The molecule has 0 amide bonds. The van der Waals surface area contributed by atoms with Crippen molar-refractivity contribution in [3.05, 3.63) is 51.4 Å². The van der Waals surface area contributed by atoms with Gasteiger partial charge in [-0.2, -0.15) is 0 Å². The molecule has 2 heterocycles. The van der Waals surface area contributed by atoms with Gasteiger partial charge in [0.1, 0.15) is 11.5 Å². The Balaban J connectivity index is 2.31. The molecular formula is C12H6BrFN4O. The Hall–Kier alpha value is -2.15. The highest BCUT2D eigenvalue weighted by molar-refractivity contribution is 9.10. The van der Waals surface area contributed by atoms with Crippen molar-refractivity contribution in [2.24, 2.45) is 0 Å². The number of benzene rings is 1. The quantitative estimate of drug-likeness (QED) is 0.746. The second-order valence-corrected chi connectivity index (χ2v) is 4.64. The van der Waals surface area contributed by atoms with E-state index in [4.69, 9.17) is 0 Å². The number of aromatic amines is 1. The van der Waals surface area contributed by atoms with Crippen molar-refractivity contribution in [3.63, 3.8) is 0 Å². The highest BCUT2D eigenvalue weighted by atomic mass is 79.9. The summed E-state index contributed by atoms with van der Waals surface area (Å²) < 4.78 is 13.7. The molecule has 1 N–H and O–H groups in total. The third kappa shape index (κ3) is 2.12. The van der Waals surface area contributed by atoms with Crippen LogP contribution in [0.5, 0.6) is 0 Å². The van der Waals surface area contributed by atoms with E-state index in [1.807, 2.05) is 0 Å². The number of halogens is 2. The lowest BCUT2D eigenvalue weighted by Crippen LogP contribution is -2.10. The van der Waals surface area contributed by atoms with Crippen molar-refractivity contribution in [2.75, 3.05) is 0 Å². The van der Waals surface area contributed by atoms with Crippen LogP contribution in [0.4, 0.5) is 4.39 Å². The first-order chi connectivity index (χ1) is 9.15. The van der Waals surface area contributed by atoms with Crippen LogP contribution in [0.25, 0.3) is 22.4 Å². The number of hydrogen-bond donors (Lipinski definition) is 1. The lowest BCUT2D eigenvalue weighted by Gasteiger charge is -2.03. The summed E-state index contributed by atoms with van der Waals surface area (Å²) in [7, 11) is 0. The SMILES string of the molecule is O=c1[nH]c(-c2cnccn2)nc2cc(F)c(Br)cc12. The monoisotopic (exact) mass is 320 g/mol. The molecule has 0 aliphatic heterocycles. The summed E-state index contributed by atoms with van der Waals surface area (Å²) in [6, 6.07) is 2.60. The van der Waals surface area contributed by atoms with E-state index < -0.39 is 5.82 Å². The summed E-state index contributed by atoms with van der Waals surface area (Å²) >= 11 is 3.04. The first kappa shape index (κ1) is 11.9. The number of nitrogens with zero attached hydrogens (tertiary/aromatic N) is 3. The zero-order chi connectivity index (χ0) is 13.4. The Bertz CT molecular complexity index is 819. The molecule has 0 radical (unpaired) electrons. The number of aromatic nitrogens is 4. The van der Waals surface area contributed by atoms with Crippen molar-refractivity contribution >= 4 is 26.8 Å². The van der Waals surface area contributed by atoms with Crippen molar-refractivity contribution in [3.8, 4) is 11.5 Å². The van der Waals surface area contributed by atoms with Crippen LogP contribution < -0.4 is 5.56 Å². The summed E-state index contributed by atoms with van der Waals surface area (Å²) in [4.78, 5) is 26.7. The molecule has 19 heavy (non-hydrogen) atoms. The van der Waals surface area contributed by atoms with Crippen LogP contribution in [0, 0.1) is 5.82 Å². The molecule has 94 valence electrons. The number of rotatable bonds is 1. The average Bonchev–Trinajstić information content (AvgIpc) is 2.42. The summed E-state index contributed by atoms with van der Waals surface area (Å²) in [6.07, 6.45) is 4.47. The van der Waals surface area contributed by atoms with Crippen molar-refractivity contribution in [1.82, 2.24) is 19.9 Å². The van der Waals surface area contributed by atoms with Crippen LogP contribution in [0.15, 0.2) is 40.0 Å². The summed E-state index contributed by atoms with van der Waals surface area (Å²) in [5, 5.41) is 0.306. The fraction of sp³-hybridized carbons (Fsp3) is 0. The van der Waals surface area contributed by atoms with E-state index in [1.54, 1.807) is 0 Å². The molecule has 2 aromatic heterocycles. The first-order valence-corrected chi connectivity index (χ1v) is 6.10. The van der Waals surface area contributed by atoms with E-state index in [0.717, 1.165) is 0 Å². The van der Waals surface area contributed by atoms with Crippen LogP contribution in [0.2, 0.25) is 0 Å². The second kappa shape index (κ2) is 4.51. The molecule has 3 rings (SSSR count). The minimum atomic E-state index is -0.476. The Morgan fingerprint density at radius 3 is 2.84 bits per heavy atom. The maximum atomic E-state index is 13.5. The molecule has 0 saturated carbocycles. The Morgan fingerprint density at radius 1 is 1.26 bits per heavy atom. The van der Waals surface area contributed by atoms with E-state index >= 15 is 0 Å².